The predicted molar refractivity (Wildman–Crippen MR) is 81.5 cm³/mol. The summed E-state index contributed by atoms with van der Waals surface area (Å²) in [6, 6.07) is 0. The van der Waals surface area contributed by atoms with Gasteiger partial charge in [-0.3, -0.25) is 0 Å². The Kier molecular flexibility index (Phi) is 5.62. The smallest absolute Gasteiger partial charge is 0.143 e. The Morgan fingerprint density at radius 2 is 1.82 bits per heavy atom. The molecule has 96 valence electrons. The normalized spacial score (nSPS) is 11.3. The van der Waals surface area contributed by atoms with E-state index in [4.69, 9.17) is 4.98 Å². The van der Waals surface area contributed by atoms with Crippen LogP contribution in [0.3, 0.4) is 0 Å². The van der Waals surface area contributed by atoms with Gasteiger partial charge in [0.25, 0.3) is 0 Å². The molecule has 1 aromatic heterocycles. The first-order valence-corrected chi connectivity index (χ1v) is 7.27. The van der Waals surface area contributed by atoms with Gasteiger partial charge in [-0.1, -0.05) is 27.7 Å². The Bertz CT molecular complexity index is 375. The van der Waals surface area contributed by atoms with Gasteiger partial charge < -0.3 is 5.32 Å². The standard InChI is InChI=1S/C13H22IN3/c1-8(2)6-7-10-16-12(9(3)4)11(14)13(15-5)17-10/h8-9H,6-7H2,1-5H3,(H,15,16,17). The van der Waals surface area contributed by atoms with Crippen LogP contribution >= 0.6 is 22.6 Å². The van der Waals surface area contributed by atoms with Crippen molar-refractivity contribution >= 4 is 28.4 Å². The Morgan fingerprint density at radius 3 is 2.29 bits per heavy atom. The lowest BCUT2D eigenvalue weighted by molar-refractivity contribution is 0.572. The summed E-state index contributed by atoms with van der Waals surface area (Å²) in [5, 5.41) is 3.16. The molecule has 0 saturated carbocycles. The summed E-state index contributed by atoms with van der Waals surface area (Å²) in [5.74, 6) is 3.06. The second kappa shape index (κ2) is 6.52. The highest BCUT2D eigenvalue weighted by atomic mass is 127. The van der Waals surface area contributed by atoms with Gasteiger partial charge in [0.2, 0.25) is 0 Å². The summed E-state index contributed by atoms with van der Waals surface area (Å²) < 4.78 is 1.15. The maximum absolute atomic E-state index is 4.69. The summed E-state index contributed by atoms with van der Waals surface area (Å²) in [7, 11) is 1.92. The highest BCUT2D eigenvalue weighted by Gasteiger charge is 2.14. The SMILES string of the molecule is CNc1nc(CCC(C)C)nc(C(C)C)c1I. The number of anilines is 1. The minimum atomic E-state index is 0.440. The minimum Gasteiger partial charge on any atom is -0.372 e. The molecule has 4 heteroatoms. The maximum Gasteiger partial charge on any atom is 0.143 e. The van der Waals surface area contributed by atoms with Crippen molar-refractivity contribution in [2.75, 3.05) is 12.4 Å². The third-order valence-corrected chi connectivity index (χ3v) is 3.72. The van der Waals surface area contributed by atoms with Crippen LogP contribution in [0.4, 0.5) is 5.82 Å². The summed E-state index contributed by atoms with van der Waals surface area (Å²) >= 11 is 2.33. The number of hydrogen-bond acceptors (Lipinski definition) is 3. The molecule has 0 atom stereocenters. The van der Waals surface area contributed by atoms with Crippen molar-refractivity contribution in [2.45, 2.75) is 46.5 Å². The van der Waals surface area contributed by atoms with Crippen molar-refractivity contribution in [3.8, 4) is 0 Å². The van der Waals surface area contributed by atoms with E-state index in [1.54, 1.807) is 0 Å². The van der Waals surface area contributed by atoms with Gasteiger partial charge in [-0.05, 0) is 40.8 Å². The predicted octanol–water partition coefficient (Wildman–Crippen LogP) is 3.83. The van der Waals surface area contributed by atoms with Crippen LogP contribution in [0, 0.1) is 9.49 Å². The minimum absolute atomic E-state index is 0.440. The second-order valence-corrected chi connectivity index (χ2v) is 6.10. The molecule has 0 aromatic carbocycles. The molecule has 1 aromatic rings. The van der Waals surface area contributed by atoms with E-state index in [1.807, 2.05) is 7.05 Å². The van der Waals surface area contributed by atoms with E-state index in [-0.39, 0.29) is 0 Å². The molecule has 0 saturated heterocycles. The van der Waals surface area contributed by atoms with E-state index in [9.17, 15) is 0 Å². The van der Waals surface area contributed by atoms with Crippen molar-refractivity contribution in [1.29, 1.82) is 0 Å². The summed E-state index contributed by atoms with van der Waals surface area (Å²) in [6.07, 6.45) is 2.10. The fraction of sp³-hybridized carbons (Fsp3) is 0.692. The monoisotopic (exact) mass is 347 g/mol. The van der Waals surface area contributed by atoms with E-state index >= 15 is 0 Å². The quantitative estimate of drug-likeness (QED) is 0.823. The number of rotatable bonds is 5. The van der Waals surface area contributed by atoms with Gasteiger partial charge in [0, 0.05) is 13.5 Å². The third kappa shape index (κ3) is 4.08. The topological polar surface area (TPSA) is 37.8 Å². The lowest BCUT2D eigenvalue weighted by Gasteiger charge is -2.13. The molecule has 0 radical (unpaired) electrons. The highest BCUT2D eigenvalue weighted by molar-refractivity contribution is 14.1. The lowest BCUT2D eigenvalue weighted by Crippen LogP contribution is -2.09. The van der Waals surface area contributed by atoms with Crippen molar-refractivity contribution in [2.24, 2.45) is 5.92 Å². The number of halogens is 1. The van der Waals surface area contributed by atoms with Crippen LogP contribution in [0.2, 0.25) is 0 Å². The van der Waals surface area contributed by atoms with E-state index in [1.165, 1.54) is 0 Å². The van der Waals surface area contributed by atoms with Gasteiger partial charge in [-0.15, -0.1) is 0 Å². The lowest BCUT2D eigenvalue weighted by atomic mass is 10.1. The van der Waals surface area contributed by atoms with Gasteiger partial charge in [0.1, 0.15) is 11.6 Å². The van der Waals surface area contributed by atoms with Crippen LogP contribution in [0.15, 0.2) is 0 Å². The first-order valence-electron chi connectivity index (χ1n) is 6.19. The molecular formula is C13H22IN3. The van der Waals surface area contributed by atoms with E-state index < -0.39 is 0 Å². The van der Waals surface area contributed by atoms with E-state index in [2.05, 4.69) is 60.6 Å². The Hall–Kier alpha value is -0.390. The Morgan fingerprint density at radius 1 is 1.18 bits per heavy atom. The van der Waals surface area contributed by atoms with Crippen molar-refractivity contribution in [3.05, 3.63) is 15.1 Å². The van der Waals surface area contributed by atoms with Gasteiger partial charge >= 0.3 is 0 Å². The molecule has 0 fully saturated rings. The van der Waals surface area contributed by atoms with Crippen molar-refractivity contribution in [1.82, 2.24) is 9.97 Å². The molecule has 0 aliphatic rings. The number of hydrogen-bond donors (Lipinski definition) is 1. The molecule has 0 aliphatic heterocycles. The molecule has 0 unspecified atom stereocenters. The fourth-order valence-corrected chi connectivity index (χ4v) is 2.72. The molecule has 17 heavy (non-hydrogen) atoms. The largest absolute Gasteiger partial charge is 0.372 e. The first-order chi connectivity index (χ1) is 7.95. The summed E-state index contributed by atoms with van der Waals surface area (Å²) in [4.78, 5) is 9.27. The summed E-state index contributed by atoms with van der Waals surface area (Å²) in [6.45, 7) is 8.82. The van der Waals surface area contributed by atoms with Crippen LogP contribution in [-0.2, 0) is 6.42 Å². The van der Waals surface area contributed by atoms with Crippen LogP contribution < -0.4 is 5.32 Å². The molecule has 1 rings (SSSR count). The molecule has 0 bridgehead atoms. The average Bonchev–Trinajstić information content (AvgIpc) is 2.27. The molecule has 3 nitrogen and oxygen atoms in total. The molecule has 0 aliphatic carbocycles. The van der Waals surface area contributed by atoms with E-state index in [0.29, 0.717) is 11.8 Å². The van der Waals surface area contributed by atoms with Crippen molar-refractivity contribution < 1.29 is 0 Å². The zero-order valence-electron chi connectivity index (χ0n) is 11.3. The zero-order valence-corrected chi connectivity index (χ0v) is 13.5. The molecule has 0 amide bonds. The molecule has 1 heterocycles. The zero-order chi connectivity index (χ0) is 13.0. The fourth-order valence-electron chi connectivity index (χ4n) is 1.59. The van der Waals surface area contributed by atoms with E-state index in [0.717, 1.165) is 33.7 Å². The number of nitrogens with one attached hydrogen (secondary N) is 1. The number of aromatic nitrogens is 2. The number of nitrogens with zero attached hydrogens (tertiary/aromatic N) is 2. The maximum atomic E-state index is 4.69. The second-order valence-electron chi connectivity index (χ2n) is 5.02. The Balaban J connectivity index is 3.03. The van der Waals surface area contributed by atoms with Gasteiger partial charge in [0.05, 0.1) is 9.26 Å². The average molecular weight is 347 g/mol. The molecular weight excluding hydrogens is 325 g/mol. The van der Waals surface area contributed by atoms with Gasteiger partial charge in [-0.25, -0.2) is 9.97 Å². The first kappa shape index (κ1) is 14.7. The van der Waals surface area contributed by atoms with Crippen LogP contribution in [0.1, 0.15) is 51.6 Å². The molecule has 0 spiro atoms. The van der Waals surface area contributed by atoms with Crippen molar-refractivity contribution in [3.63, 3.8) is 0 Å². The third-order valence-electron chi connectivity index (χ3n) is 2.65. The number of aryl methyl sites for hydroxylation is 1. The highest BCUT2D eigenvalue weighted by Crippen LogP contribution is 2.25. The van der Waals surface area contributed by atoms with Gasteiger partial charge in [0.15, 0.2) is 0 Å². The molecule has 1 N–H and O–H groups in total. The summed E-state index contributed by atoms with van der Waals surface area (Å²) in [5.41, 5.74) is 1.16. The van der Waals surface area contributed by atoms with Crippen LogP contribution in [0.5, 0.6) is 0 Å². The van der Waals surface area contributed by atoms with Crippen LogP contribution in [0.25, 0.3) is 0 Å². The van der Waals surface area contributed by atoms with Crippen LogP contribution in [-0.4, -0.2) is 17.0 Å². The Labute approximate surface area is 118 Å². The van der Waals surface area contributed by atoms with Gasteiger partial charge in [-0.2, -0.15) is 0 Å².